The van der Waals surface area contributed by atoms with Crippen LogP contribution in [-0.2, 0) is 9.53 Å². The summed E-state index contributed by atoms with van der Waals surface area (Å²) in [7, 11) is 0. The van der Waals surface area contributed by atoms with Crippen LogP contribution in [0.25, 0.3) is 0 Å². The standard InChI is InChI=1S/C10H17F3N2O3/c11-10(12,13)8-14(1-4-16)7-9(17)15-2-5-18-6-3-15/h16H,1-8H2. The lowest BCUT2D eigenvalue weighted by molar-refractivity contribution is -0.153. The molecule has 1 N–H and O–H groups in total. The number of morpholine rings is 1. The second-order valence-electron chi connectivity index (χ2n) is 4.04. The molecule has 0 spiro atoms. The Labute approximate surface area is 103 Å². The van der Waals surface area contributed by atoms with E-state index in [0.29, 0.717) is 26.3 Å². The number of halogens is 3. The second kappa shape index (κ2) is 6.91. The molecule has 1 aliphatic rings. The molecule has 0 unspecified atom stereocenters. The highest BCUT2D eigenvalue weighted by atomic mass is 19.4. The number of nitrogens with zero attached hydrogens (tertiary/aromatic N) is 2. The van der Waals surface area contributed by atoms with Crippen molar-refractivity contribution in [3.05, 3.63) is 0 Å². The zero-order valence-corrected chi connectivity index (χ0v) is 9.95. The van der Waals surface area contributed by atoms with Gasteiger partial charge in [-0.15, -0.1) is 0 Å². The summed E-state index contributed by atoms with van der Waals surface area (Å²) in [6, 6.07) is 0. The Kier molecular flexibility index (Phi) is 5.83. The van der Waals surface area contributed by atoms with Crippen LogP contribution in [-0.4, -0.2) is 79.5 Å². The summed E-state index contributed by atoms with van der Waals surface area (Å²) in [5.74, 6) is -0.365. The zero-order chi connectivity index (χ0) is 13.6. The summed E-state index contributed by atoms with van der Waals surface area (Å²) in [4.78, 5) is 14.1. The third kappa shape index (κ3) is 5.65. The lowest BCUT2D eigenvalue weighted by Crippen LogP contribution is -2.48. The molecule has 0 atom stereocenters. The predicted octanol–water partition coefficient (Wildman–Crippen LogP) is -0.298. The zero-order valence-electron chi connectivity index (χ0n) is 9.95. The maximum atomic E-state index is 12.3. The topological polar surface area (TPSA) is 53.0 Å². The number of carbonyl (C=O) groups excluding carboxylic acids is 1. The van der Waals surface area contributed by atoms with E-state index in [9.17, 15) is 18.0 Å². The molecule has 0 aromatic rings. The van der Waals surface area contributed by atoms with Crippen molar-refractivity contribution in [2.24, 2.45) is 0 Å². The van der Waals surface area contributed by atoms with Crippen LogP contribution in [0.15, 0.2) is 0 Å². The van der Waals surface area contributed by atoms with E-state index in [1.165, 1.54) is 4.90 Å². The Hall–Kier alpha value is -0.860. The van der Waals surface area contributed by atoms with Crippen LogP contribution >= 0.6 is 0 Å². The largest absolute Gasteiger partial charge is 0.401 e. The lowest BCUT2D eigenvalue weighted by Gasteiger charge is -2.30. The summed E-state index contributed by atoms with van der Waals surface area (Å²) >= 11 is 0. The van der Waals surface area contributed by atoms with Crippen molar-refractivity contribution < 1.29 is 27.8 Å². The molecule has 0 aromatic carbocycles. The van der Waals surface area contributed by atoms with Gasteiger partial charge in [0.25, 0.3) is 0 Å². The number of amides is 1. The van der Waals surface area contributed by atoms with Gasteiger partial charge in [-0.05, 0) is 0 Å². The fraction of sp³-hybridized carbons (Fsp3) is 0.900. The van der Waals surface area contributed by atoms with Crippen molar-refractivity contribution in [3.63, 3.8) is 0 Å². The van der Waals surface area contributed by atoms with E-state index in [2.05, 4.69) is 0 Å². The molecule has 1 saturated heterocycles. The van der Waals surface area contributed by atoms with E-state index >= 15 is 0 Å². The van der Waals surface area contributed by atoms with E-state index in [1.807, 2.05) is 0 Å². The predicted molar refractivity (Wildman–Crippen MR) is 57.0 cm³/mol. The van der Waals surface area contributed by atoms with Gasteiger partial charge in [-0.2, -0.15) is 13.2 Å². The van der Waals surface area contributed by atoms with Gasteiger partial charge in [-0.25, -0.2) is 0 Å². The van der Waals surface area contributed by atoms with Crippen molar-refractivity contribution in [3.8, 4) is 0 Å². The minimum Gasteiger partial charge on any atom is -0.395 e. The number of hydrogen-bond donors (Lipinski definition) is 1. The summed E-state index contributed by atoms with van der Waals surface area (Å²) in [6.45, 7) is -0.489. The van der Waals surface area contributed by atoms with Crippen molar-refractivity contribution in [1.82, 2.24) is 9.80 Å². The summed E-state index contributed by atoms with van der Waals surface area (Å²) in [6.07, 6.45) is -4.37. The monoisotopic (exact) mass is 270 g/mol. The van der Waals surface area contributed by atoms with Crippen LogP contribution in [0, 0.1) is 0 Å². The van der Waals surface area contributed by atoms with E-state index in [4.69, 9.17) is 9.84 Å². The average Bonchev–Trinajstić information content (AvgIpc) is 2.28. The van der Waals surface area contributed by atoms with E-state index < -0.39 is 19.3 Å². The molecule has 1 rings (SSSR count). The molecule has 1 fully saturated rings. The molecular formula is C10H17F3N2O3. The lowest BCUT2D eigenvalue weighted by atomic mass is 10.3. The highest BCUT2D eigenvalue weighted by Gasteiger charge is 2.32. The Morgan fingerprint density at radius 3 is 2.44 bits per heavy atom. The molecule has 0 bridgehead atoms. The first-order valence-electron chi connectivity index (χ1n) is 5.68. The molecule has 1 heterocycles. The van der Waals surface area contributed by atoms with Crippen LogP contribution in [0.3, 0.4) is 0 Å². The van der Waals surface area contributed by atoms with Gasteiger partial charge >= 0.3 is 6.18 Å². The molecule has 18 heavy (non-hydrogen) atoms. The van der Waals surface area contributed by atoms with Crippen LogP contribution in [0.4, 0.5) is 13.2 Å². The van der Waals surface area contributed by atoms with Crippen molar-refractivity contribution in [2.45, 2.75) is 6.18 Å². The van der Waals surface area contributed by atoms with Gasteiger partial charge in [0.1, 0.15) is 0 Å². The smallest absolute Gasteiger partial charge is 0.395 e. The van der Waals surface area contributed by atoms with E-state index in [0.717, 1.165) is 4.90 Å². The Morgan fingerprint density at radius 1 is 1.33 bits per heavy atom. The number of ether oxygens (including phenoxy) is 1. The third-order valence-electron chi connectivity index (χ3n) is 2.54. The van der Waals surface area contributed by atoms with Crippen LogP contribution in [0.5, 0.6) is 0 Å². The van der Waals surface area contributed by atoms with Gasteiger partial charge in [-0.3, -0.25) is 9.69 Å². The van der Waals surface area contributed by atoms with Gasteiger partial charge < -0.3 is 14.7 Å². The first-order chi connectivity index (χ1) is 8.42. The van der Waals surface area contributed by atoms with Gasteiger partial charge in [-0.1, -0.05) is 0 Å². The SMILES string of the molecule is O=C(CN(CCO)CC(F)(F)F)N1CCOCC1. The minimum atomic E-state index is -4.37. The van der Waals surface area contributed by atoms with Crippen LogP contribution in [0.2, 0.25) is 0 Å². The van der Waals surface area contributed by atoms with Crippen molar-refractivity contribution in [2.75, 3.05) is 52.5 Å². The maximum absolute atomic E-state index is 12.3. The average molecular weight is 270 g/mol. The number of aliphatic hydroxyl groups excluding tert-OH is 1. The summed E-state index contributed by atoms with van der Waals surface area (Å²) in [5.41, 5.74) is 0. The number of aliphatic hydroxyl groups is 1. The van der Waals surface area contributed by atoms with Crippen LogP contribution in [0.1, 0.15) is 0 Å². The quantitative estimate of drug-likeness (QED) is 0.745. The normalized spacial score (nSPS) is 17.3. The van der Waals surface area contributed by atoms with Gasteiger partial charge in [0, 0.05) is 19.6 Å². The molecular weight excluding hydrogens is 253 g/mol. The minimum absolute atomic E-state index is 0.171. The highest BCUT2D eigenvalue weighted by Crippen LogP contribution is 2.16. The highest BCUT2D eigenvalue weighted by molar-refractivity contribution is 5.78. The molecule has 5 nitrogen and oxygen atoms in total. The van der Waals surface area contributed by atoms with Crippen LogP contribution < -0.4 is 0 Å². The molecule has 0 aliphatic carbocycles. The van der Waals surface area contributed by atoms with Crippen molar-refractivity contribution in [1.29, 1.82) is 0 Å². The summed E-state index contributed by atoms with van der Waals surface area (Å²) < 4.78 is 41.8. The summed E-state index contributed by atoms with van der Waals surface area (Å²) in [5, 5.41) is 8.70. The van der Waals surface area contributed by atoms with E-state index in [1.54, 1.807) is 0 Å². The first kappa shape index (κ1) is 15.2. The third-order valence-corrected chi connectivity index (χ3v) is 2.54. The molecule has 1 amide bonds. The Morgan fingerprint density at radius 2 is 1.94 bits per heavy atom. The number of hydrogen-bond acceptors (Lipinski definition) is 4. The van der Waals surface area contributed by atoms with Gasteiger partial charge in [0.15, 0.2) is 0 Å². The van der Waals surface area contributed by atoms with Gasteiger partial charge in [0.2, 0.25) is 5.91 Å². The molecule has 1 aliphatic heterocycles. The first-order valence-corrected chi connectivity index (χ1v) is 5.68. The second-order valence-corrected chi connectivity index (χ2v) is 4.04. The van der Waals surface area contributed by atoms with E-state index in [-0.39, 0.29) is 19.0 Å². The molecule has 8 heteroatoms. The number of carbonyl (C=O) groups is 1. The fourth-order valence-electron chi connectivity index (χ4n) is 1.71. The number of alkyl halides is 3. The Bertz CT molecular complexity index is 268. The fourth-order valence-corrected chi connectivity index (χ4v) is 1.71. The van der Waals surface area contributed by atoms with Gasteiger partial charge in [0.05, 0.1) is 32.9 Å². The maximum Gasteiger partial charge on any atom is 0.401 e. The van der Waals surface area contributed by atoms with Crippen molar-refractivity contribution >= 4 is 5.91 Å². The molecule has 0 saturated carbocycles. The Balaban J connectivity index is 2.46. The molecule has 0 aromatic heterocycles. The molecule has 106 valence electrons. The molecule has 0 radical (unpaired) electrons. The number of rotatable bonds is 5.